The summed E-state index contributed by atoms with van der Waals surface area (Å²) >= 11 is 3.54. The van der Waals surface area contributed by atoms with Crippen LogP contribution >= 0.6 is 15.9 Å². The summed E-state index contributed by atoms with van der Waals surface area (Å²) in [5, 5.41) is 0. The maximum Gasteiger partial charge on any atom is 0.255 e. The third-order valence-corrected chi connectivity index (χ3v) is 5.35. The van der Waals surface area contributed by atoms with Gasteiger partial charge in [-0.25, -0.2) is 0 Å². The fourth-order valence-electron chi connectivity index (χ4n) is 2.79. The molecule has 3 nitrogen and oxygen atoms in total. The zero-order chi connectivity index (χ0) is 14.7. The number of carbonyl (C=O) groups excluding carboxylic acids is 1. The lowest BCUT2D eigenvalue weighted by Crippen LogP contribution is -2.45. The summed E-state index contributed by atoms with van der Waals surface area (Å²) in [5.74, 6) is 0.121. The number of carbonyl (C=O) groups is 1. The highest BCUT2D eigenvalue weighted by Gasteiger charge is 2.26. The van der Waals surface area contributed by atoms with Crippen molar-refractivity contribution in [1.29, 1.82) is 0 Å². The Hall–Kier alpha value is -0.870. The maximum atomic E-state index is 12.7. The van der Waals surface area contributed by atoms with Crippen LogP contribution in [0, 0.1) is 6.92 Å². The first-order chi connectivity index (χ1) is 9.54. The summed E-state index contributed by atoms with van der Waals surface area (Å²) in [7, 11) is 1.93. The van der Waals surface area contributed by atoms with E-state index in [0.717, 1.165) is 48.1 Å². The number of rotatable bonds is 3. The Bertz CT molecular complexity index is 481. The number of aryl methyl sites for hydroxylation is 1. The van der Waals surface area contributed by atoms with Crippen molar-refractivity contribution >= 4 is 21.8 Å². The van der Waals surface area contributed by atoms with Gasteiger partial charge in [-0.2, -0.15) is 0 Å². The first-order valence-electron chi connectivity index (χ1n) is 7.29. The molecule has 4 heteroatoms. The average Bonchev–Trinajstić information content (AvgIpc) is 2.48. The Morgan fingerprint density at radius 1 is 1.40 bits per heavy atom. The van der Waals surface area contributed by atoms with Gasteiger partial charge in [0, 0.05) is 30.7 Å². The van der Waals surface area contributed by atoms with E-state index in [2.05, 4.69) is 27.8 Å². The van der Waals surface area contributed by atoms with Crippen LogP contribution in [-0.4, -0.2) is 48.4 Å². The molecule has 0 saturated carbocycles. The zero-order valence-corrected chi connectivity index (χ0v) is 14.1. The van der Waals surface area contributed by atoms with E-state index < -0.39 is 0 Å². The molecule has 1 aliphatic heterocycles. The molecule has 1 aromatic carbocycles. The highest BCUT2D eigenvalue weighted by Crippen LogP contribution is 2.24. The van der Waals surface area contributed by atoms with Crippen molar-refractivity contribution in [2.24, 2.45) is 0 Å². The van der Waals surface area contributed by atoms with Crippen molar-refractivity contribution in [1.82, 2.24) is 9.80 Å². The predicted molar refractivity (Wildman–Crippen MR) is 86.1 cm³/mol. The van der Waals surface area contributed by atoms with Gasteiger partial charge in [-0.05, 0) is 53.9 Å². The molecular weight excluding hydrogens is 316 g/mol. The van der Waals surface area contributed by atoms with E-state index in [0.29, 0.717) is 6.04 Å². The molecule has 1 aromatic rings. The number of benzene rings is 1. The number of halogens is 1. The van der Waals surface area contributed by atoms with E-state index >= 15 is 0 Å². The molecule has 0 aliphatic carbocycles. The molecular formula is C16H23BrN2O. The zero-order valence-electron chi connectivity index (χ0n) is 12.5. The van der Waals surface area contributed by atoms with Gasteiger partial charge < -0.3 is 9.80 Å². The molecule has 1 saturated heterocycles. The van der Waals surface area contributed by atoms with Gasteiger partial charge in [-0.3, -0.25) is 4.79 Å². The molecule has 1 fully saturated rings. The summed E-state index contributed by atoms with van der Waals surface area (Å²) in [6, 6.07) is 6.22. The van der Waals surface area contributed by atoms with Crippen LogP contribution in [0.5, 0.6) is 0 Å². The van der Waals surface area contributed by atoms with Crippen LogP contribution in [0.1, 0.15) is 35.7 Å². The molecule has 110 valence electrons. The summed E-state index contributed by atoms with van der Waals surface area (Å²) in [5.41, 5.74) is 1.87. The molecule has 0 unspecified atom stereocenters. The van der Waals surface area contributed by atoms with Gasteiger partial charge in [0.2, 0.25) is 0 Å². The van der Waals surface area contributed by atoms with Crippen LogP contribution in [0.4, 0.5) is 0 Å². The van der Waals surface area contributed by atoms with Crippen molar-refractivity contribution in [3.05, 3.63) is 33.8 Å². The number of likely N-dealkylation sites (tertiary alicyclic amines) is 1. The van der Waals surface area contributed by atoms with Gasteiger partial charge in [0.05, 0.1) is 5.56 Å². The van der Waals surface area contributed by atoms with Crippen molar-refractivity contribution in [2.75, 3.05) is 26.7 Å². The quantitative estimate of drug-likeness (QED) is 0.844. The second kappa shape index (κ2) is 6.72. The number of hydrogen-bond donors (Lipinski definition) is 0. The second-order valence-corrected chi connectivity index (χ2v) is 6.31. The molecule has 0 aromatic heterocycles. The van der Waals surface area contributed by atoms with Crippen molar-refractivity contribution in [3.63, 3.8) is 0 Å². The predicted octanol–water partition coefficient (Wildman–Crippen LogP) is 3.31. The average molecular weight is 339 g/mol. The Morgan fingerprint density at radius 3 is 2.65 bits per heavy atom. The largest absolute Gasteiger partial charge is 0.339 e. The standard InChI is InChI=1S/C16H23BrN2O/c1-4-19-10-8-13(9-11-19)18(3)16(20)14-7-5-6-12(2)15(14)17/h5-7,13H,4,8-11H2,1-3H3. The van der Waals surface area contributed by atoms with Gasteiger partial charge in [0.25, 0.3) is 5.91 Å². The molecule has 1 heterocycles. The molecule has 2 rings (SSSR count). The SMILES string of the molecule is CCN1CCC(N(C)C(=O)c2cccc(C)c2Br)CC1. The summed E-state index contributed by atoms with van der Waals surface area (Å²) in [6.45, 7) is 7.50. The lowest BCUT2D eigenvalue weighted by Gasteiger charge is -2.36. The van der Waals surface area contributed by atoms with Crippen LogP contribution < -0.4 is 0 Å². The fraction of sp³-hybridized carbons (Fsp3) is 0.562. The van der Waals surface area contributed by atoms with Gasteiger partial charge in [0.15, 0.2) is 0 Å². The first kappa shape index (κ1) is 15.5. The molecule has 20 heavy (non-hydrogen) atoms. The molecule has 0 atom stereocenters. The summed E-state index contributed by atoms with van der Waals surface area (Å²) < 4.78 is 0.919. The van der Waals surface area contributed by atoms with Crippen LogP contribution in [0.25, 0.3) is 0 Å². The number of amides is 1. The normalized spacial score (nSPS) is 17.2. The third kappa shape index (κ3) is 3.23. The van der Waals surface area contributed by atoms with E-state index in [-0.39, 0.29) is 5.91 Å². The van der Waals surface area contributed by atoms with Gasteiger partial charge in [0.1, 0.15) is 0 Å². The van der Waals surface area contributed by atoms with Crippen LogP contribution in [0.3, 0.4) is 0 Å². The van der Waals surface area contributed by atoms with Crippen molar-refractivity contribution in [3.8, 4) is 0 Å². The van der Waals surface area contributed by atoms with Gasteiger partial charge in [-0.1, -0.05) is 19.1 Å². The molecule has 0 bridgehead atoms. The minimum atomic E-state index is 0.121. The van der Waals surface area contributed by atoms with Crippen LogP contribution in [0.15, 0.2) is 22.7 Å². The topological polar surface area (TPSA) is 23.6 Å². The molecule has 0 spiro atoms. The molecule has 1 amide bonds. The minimum absolute atomic E-state index is 0.121. The summed E-state index contributed by atoms with van der Waals surface area (Å²) in [4.78, 5) is 17.0. The Labute approximate surface area is 130 Å². The molecule has 0 radical (unpaired) electrons. The third-order valence-electron chi connectivity index (χ3n) is 4.29. The second-order valence-electron chi connectivity index (χ2n) is 5.52. The Morgan fingerprint density at radius 2 is 2.05 bits per heavy atom. The number of nitrogens with zero attached hydrogens (tertiary/aromatic N) is 2. The van der Waals surface area contributed by atoms with Gasteiger partial charge in [-0.15, -0.1) is 0 Å². The van der Waals surface area contributed by atoms with E-state index in [1.165, 1.54) is 0 Å². The fourth-order valence-corrected chi connectivity index (χ4v) is 3.23. The van der Waals surface area contributed by atoms with Crippen molar-refractivity contribution in [2.45, 2.75) is 32.7 Å². The first-order valence-corrected chi connectivity index (χ1v) is 8.08. The Balaban J connectivity index is 2.07. The van der Waals surface area contributed by atoms with Crippen LogP contribution in [0.2, 0.25) is 0 Å². The smallest absolute Gasteiger partial charge is 0.255 e. The lowest BCUT2D eigenvalue weighted by molar-refractivity contribution is 0.0646. The lowest BCUT2D eigenvalue weighted by atomic mass is 10.0. The molecule has 1 aliphatic rings. The van der Waals surface area contributed by atoms with Crippen molar-refractivity contribution < 1.29 is 4.79 Å². The van der Waals surface area contributed by atoms with E-state index in [4.69, 9.17) is 0 Å². The summed E-state index contributed by atoms with van der Waals surface area (Å²) in [6.07, 6.45) is 2.14. The molecule has 0 N–H and O–H groups in total. The number of hydrogen-bond acceptors (Lipinski definition) is 2. The monoisotopic (exact) mass is 338 g/mol. The van der Waals surface area contributed by atoms with E-state index in [1.54, 1.807) is 0 Å². The van der Waals surface area contributed by atoms with E-state index in [9.17, 15) is 4.79 Å². The Kier molecular flexibility index (Phi) is 5.22. The van der Waals surface area contributed by atoms with E-state index in [1.807, 2.05) is 37.1 Å². The highest BCUT2D eigenvalue weighted by molar-refractivity contribution is 9.10. The minimum Gasteiger partial charge on any atom is -0.339 e. The van der Waals surface area contributed by atoms with Crippen LogP contribution in [-0.2, 0) is 0 Å². The van der Waals surface area contributed by atoms with Gasteiger partial charge >= 0.3 is 0 Å². The number of piperidine rings is 1. The highest BCUT2D eigenvalue weighted by atomic mass is 79.9. The maximum absolute atomic E-state index is 12.7.